The lowest BCUT2D eigenvalue weighted by Gasteiger charge is -2.24. The minimum atomic E-state index is -0.0332. The largest absolute Gasteiger partial charge is 0.497 e. The fourth-order valence-electron chi connectivity index (χ4n) is 1.25. The van der Waals surface area contributed by atoms with Gasteiger partial charge in [0.2, 0.25) is 0 Å². The predicted octanol–water partition coefficient (Wildman–Crippen LogP) is 3.46. The Morgan fingerprint density at radius 3 is 2.71 bits per heavy atom. The molecule has 1 nitrogen and oxygen atoms in total. The normalized spacial score (nSPS) is 14.5. The highest BCUT2D eigenvalue weighted by Crippen LogP contribution is 2.36. The summed E-state index contributed by atoms with van der Waals surface area (Å²) in [6.07, 6.45) is 4.05. The number of hydrogen-bond acceptors (Lipinski definition) is 2. The van der Waals surface area contributed by atoms with Crippen molar-refractivity contribution in [1.29, 1.82) is 0 Å². The van der Waals surface area contributed by atoms with E-state index in [0.717, 1.165) is 5.75 Å². The predicted molar refractivity (Wildman–Crippen MR) is 64.1 cm³/mol. The van der Waals surface area contributed by atoms with E-state index >= 15 is 0 Å². The molecule has 0 saturated carbocycles. The van der Waals surface area contributed by atoms with Crippen LogP contribution in [-0.2, 0) is 4.75 Å². The van der Waals surface area contributed by atoms with Crippen molar-refractivity contribution in [2.75, 3.05) is 13.4 Å². The van der Waals surface area contributed by atoms with Crippen molar-refractivity contribution < 1.29 is 4.74 Å². The second kappa shape index (κ2) is 4.56. The first kappa shape index (κ1) is 11.2. The third-order valence-electron chi connectivity index (χ3n) is 2.46. The second-order valence-corrected chi connectivity index (χ2v) is 4.50. The lowest BCUT2D eigenvalue weighted by atomic mass is 10.0. The van der Waals surface area contributed by atoms with E-state index in [1.807, 2.05) is 18.2 Å². The molecule has 0 heterocycles. The highest BCUT2D eigenvalue weighted by atomic mass is 32.2. The van der Waals surface area contributed by atoms with Gasteiger partial charge >= 0.3 is 0 Å². The van der Waals surface area contributed by atoms with Crippen molar-refractivity contribution in [3.63, 3.8) is 0 Å². The molecule has 1 rings (SSSR count). The first-order chi connectivity index (χ1) is 6.66. The van der Waals surface area contributed by atoms with Crippen molar-refractivity contribution in [2.45, 2.75) is 11.7 Å². The minimum absolute atomic E-state index is 0.0332. The van der Waals surface area contributed by atoms with Crippen LogP contribution in [0, 0.1) is 0 Å². The van der Waals surface area contributed by atoms with E-state index in [4.69, 9.17) is 4.74 Å². The van der Waals surface area contributed by atoms with E-state index in [1.165, 1.54) is 5.56 Å². The average Bonchev–Trinajstić information content (AvgIpc) is 2.28. The number of benzene rings is 1. The van der Waals surface area contributed by atoms with Gasteiger partial charge in [-0.25, -0.2) is 0 Å². The smallest absolute Gasteiger partial charge is 0.119 e. The van der Waals surface area contributed by atoms with Gasteiger partial charge in [0.05, 0.1) is 11.9 Å². The Morgan fingerprint density at radius 1 is 1.50 bits per heavy atom. The third-order valence-corrected chi connectivity index (χ3v) is 3.71. The monoisotopic (exact) mass is 208 g/mol. The lowest BCUT2D eigenvalue weighted by Crippen LogP contribution is -2.12. The topological polar surface area (TPSA) is 9.23 Å². The number of thioether (sulfide) groups is 1. The first-order valence-electron chi connectivity index (χ1n) is 4.49. The van der Waals surface area contributed by atoms with E-state index in [2.05, 4.69) is 31.9 Å². The van der Waals surface area contributed by atoms with Crippen molar-refractivity contribution in [2.24, 2.45) is 0 Å². The summed E-state index contributed by atoms with van der Waals surface area (Å²) >= 11 is 1.77. The molecule has 1 aromatic rings. The Hall–Kier alpha value is -0.890. The Labute approximate surface area is 90.2 Å². The van der Waals surface area contributed by atoms with Crippen molar-refractivity contribution in [3.05, 3.63) is 42.5 Å². The zero-order chi connectivity index (χ0) is 10.6. The summed E-state index contributed by atoms with van der Waals surface area (Å²) in [7, 11) is 1.68. The average molecular weight is 208 g/mol. The maximum Gasteiger partial charge on any atom is 0.119 e. The van der Waals surface area contributed by atoms with Crippen LogP contribution in [0.15, 0.2) is 36.9 Å². The quantitative estimate of drug-likeness (QED) is 0.701. The molecule has 0 amide bonds. The summed E-state index contributed by atoms with van der Waals surface area (Å²) in [5.41, 5.74) is 1.22. The maximum atomic E-state index is 5.20. The summed E-state index contributed by atoms with van der Waals surface area (Å²) in [6, 6.07) is 8.11. The minimum Gasteiger partial charge on any atom is -0.497 e. The molecular formula is C12H16OS. The van der Waals surface area contributed by atoms with Gasteiger partial charge in [-0.05, 0) is 30.9 Å². The summed E-state index contributed by atoms with van der Waals surface area (Å²) in [4.78, 5) is 0. The molecule has 0 aromatic heterocycles. The molecular weight excluding hydrogens is 192 g/mol. The zero-order valence-corrected chi connectivity index (χ0v) is 9.73. The number of rotatable bonds is 4. The molecule has 0 saturated heterocycles. The van der Waals surface area contributed by atoms with Crippen molar-refractivity contribution in [3.8, 4) is 5.75 Å². The zero-order valence-electron chi connectivity index (χ0n) is 8.91. The summed E-state index contributed by atoms with van der Waals surface area (Å²) < 4.78 is 5.16. The van der Waals surface area contributed by atoms with Crippen LogP contribution in [0.5, 0.6) is 5.75 Å². The van der Waals surface area contributed by atoms with Crippen LogP contribution in [0.25, 0.3) is 0 Å². The number of ether oxygens (including phenoxy) is 1. The van der Waals surface area contributed by atoms with Gasteiger partial charge in [0, 0.05) is 0 Å². The van der Waals surface area contributed by atoms with Gasteiger partial charge in [0.1, 0.15) is 5.75 Å². The summed E-state index contributed by atoms with van der Waals surface area (Å²) in [6.45, 7) is 6.03. The molecule has 2 heteroatoms. The van der Waals surface area contributed by atoms with Crippen LogP contribution in [-0.4, -0.2) is 13.4 Å². The van der Waals surface area contributed by atoms with Crippen LogP contribution < -0.4 is 4.74 Å². The first-order valence-corrected chi connectivity index (χ1v) is 5.72. The number of methoxy groups -OCH3 is 1. The van der Waals surface area contributed by atoms with E-state index in [-0.39, 0.29) is 4.75 Å². The third kappa shape index (κ3) is 2.13. The Morgan fingerprint density at radius 2 is 2.21 bits per heavy atom. The van der Waals surface area contributed by atoms with Crippen molar-refractivity contribution >= 4 is 11.8 Å². The molecule has 0 N–H and O–H groups in total. The van der Waals surface area contributed by atoms with Crippen LogP contribution in [0.1, 0.15) is 12.5 Å². The maximum absolute atomic E-state index is 5.20. The van der Waals surface area contributed by atoms with Gasteiger partial charge in [0.25, 0.3) is 0 Å². The van der Waals surface area contributed by atoms with Crippen molar-refractivity contribution in [1.82, 2.24) is 0 Å². The standard InChI is InChI=1S/C12H16OS/c1-5-12(2,14-4)10-7-6-8-11(9-10)13-3/h5-9H,1H2,2-4H3/t12-/m1/s1. The highest BCUT2D eigenvalue weighted by Gasteiger charge is 2.21. The van der Waals surface area contributed by atoms with Gasteiger partial charge < -0.3 is 4.74 Å². The van der Waals surface area contributed by atoms with Gasteiger partial charge in [-0.1, -0.05) is 18.2 Å². The molecule has 0 radical (unpaired) electrons. The lowest BCUT2D eigenvalue weighted by molar-refractivity contribution is 0.414. The molecule has 76 valence electrons. The van der Waals surface area contributed by atoms with Gasteiger partial charge in [-0.3, -0.25) is 0 Å². The van der Waals surface area contributed by atoms with Gasteiger partial charge in [0.15, 0.2) is 0 Å². The molecule has 0 aliphatic rings. The van der Waals surface area contributed by atoms with E-state index in [1.54, 1.807) is 18.9 Å². The van der Waals surface area contributed by atoms with Crippen LogP contribution in [0.4, 0.5) is 0 Å². The fraction of sp³-hybridized carbons (Fsp3) is 0.333. The molecule has 0 unspecified atom stereocenters. The molecule has 0 bridgehead atoms. The summed E-state index contributed by atoms with van der Waals surface area (Å²) in [5, 5.41) is 0. The Balaban J connectivity index is 3.10. The molecule has 0 aliphatic heterocycles. The van der Waals surface area contributed by atoms with Gasteiger partial charge in [-0.2, -0.15) is 0 Å². The van der Waals surface area contributed by atoms with Gasteiger partial charge in [-0.15, -0.1) is 18.3 Å². The highest BCUT2D eigenvalue weighted by molar-refractivity contribution is 7.99. The Kier molecular flexibility index (Phi) is 3.64. The van der Waals surface area contributed by atoms with E-state index < -0.39 is 0 Å². The molecule has 0 spiro atoms. The summed E-state index contributed by atoms with van der Waals surface area (Å²) in [5.74, 6) is 0.893. The van der Waals surface area contributed by atoms with Crippen LogP contribution >= 0.6 is 11.8 Å². The number of hydrogen-bond donors (Lipinski definition) is 0. The van der Waals surface area contributed by atoms with Crippen LogP contribution in [0.3, 0.4) is 0 Å². The SMILES string of the molecule is C=C[C@@](C)(SC)c1cccc(OC)c1. The molecule has 1 atom stereocenters. The molecule has 0 aliphatic carbocycles. The van der Waals surface area contributed by atoms with E-state index in [9.17, 15) is 0 Å². The molecule has 0 fully saturated rings. The fourth-order valence-corrected chi connectivity index (χ4v) is 1.78. The Bertz CT molecular complexity index is 322. The second-order valence-electron chi connectivity index (χ2n) is 3.25. The van der Waals surface area contributed by atoms with Crippen LogP contribution in [0.2, 0.25) is 0 Å². The molecule has 1 aromatic carbocycles. The molecule has 14 heavy (non-hydrogen) atoms. The van der Waals surface area contributed by atoms with E-state index in [0.29, 0.717) is 0 Å².